The quantitative estimate of drug-likeness (QED) is 0.115. The van der Waals surface area contributed by atoms with Crippen LogP contribution in [0.4, 0.5) is 4.79 Å². The normalized spacial score (nSPS) is 16.3. The van der Waals surface area contributed by atoms with Gasteiger partial charge in [-0.15, -0.1) is 12.4 Å². The summed E-state index contributed by atoms with van der Waals surface area (Å²) in [7, 11) is 0. The van der Waals surface area contributed by atoms with E-state index in [0.717, 1.165) is 5.56 Å². The van der Waals surface area contributed by atoms with Crippen LogP contribution in [0.25, 0.3) is 0 Å². The van der Waals surface area contributed by atoms with Gasteiger partial charge in [0.05, 0.1) is 6.04 Å². The van der Waals surface area contributed by atoms with Crippen LogP contribution in [0.1, 0.15) is 38.2 Å². The minimum atomic E-state index is -0.830. The highest BCUT2D eigenvalue weighted by molar-refractivity contribution is 5.93. The second-order valence-corrected chi connectivity index (χ2v) is 8.14. The van der Waals surface area contributed by atoms with Gasteiger partial charge in [0.25, 0.3) is 0 Å². The first-order valence-corrected chi connectivity index (χ1v) is 11.6. The van der Waals surface area contributed by atoms with E-state index in [1.54, 1.807) is 6.92 Å². The number of guanidine groups is 1. The van der Waals surface area contributed by atoms with Crippen molar-refractivity contribution in [2.75, 3.05) is 19.6 Å². The molecule has 3 atom stereocenters. The van der Waals surface area contributed by atoms with E-state index in [1.807, 2.05) is 30.3 Å². The van der Waals surface area contributed by atoms with Crippen molar-refractivity contribution in [2.24, 2.45) is 16.5 Å². The third kappa shape index (κ3) is 9.81. The average Bonchev–Trinajstić information content (AvgIpc) is 3.31. The largest absolute Gasteiger partial charge is 0.370 e. The summed E-state index contributed by atoms with van der Waals surface area (Å²) in [6, 6.07) is 6.68. The van der Waals surface area contributed by atoms with E-state index in [-0.39, 0.29) is 30.2 Å². The highest BCUT2D eigenvalue weighted by Gasteiger charge is 2.38. The summed E-state index contributed by atoms with van der Waals surface area (Å²) in [5.41, 5.74) is 11.5. The molecule has 1 aromatic carbocycles. The van der Waals surface area contributed by atoms with Gasteiger partial charge in [0.2, 0.25) is 11.8 Å². The molecule has 11 nitrogen and oxygen atoms in total. The molecule has 1 aliphatic rings. The van der Waals surface area contributed by atoms with E-state index in [1.165, 1.54) is 4.90 Å². The first-order chi connectivity index (χ1) is 16.3. The highest BCUT2D eigenvalue weighted by Crippen LogP contribution is 2.20. The van der Waals surface area contributed by atoms with Gasteiger partial charge in [-0.2, -0.15) is 0 Å². The van der Waals surface area contributed by atoms with E-state index in [4.69, 9.17) is 11.5 Å². The number of aliphatic imine (C=N–C) groups is 1. The number of halogens is 1. The Morgan fingerprint density at radius 1 is 1.20 bits per heavy atom. The number of nitrogens with two attached hydrogens (primary N) is 2. The van der Waals surface area contributed by atoms with Crippen molar-refractivity contribution >= 4 is 42.5 Å². The fourth-order valence-corrected chi connectivity index (χ4v) is 3.90. The number of rotatable bonds is 12. The lowest BCUT2D eigenvalue weighted by atomic mass is 10.0. The molecule has 0 aliphatic carbocycles. The van der Waals surface area contributed by atoms with Crippen LogP contribution in [0.5, 0.6) is 0 Å². The third-order valence-corrected chi connectivity index (χ3v) is 5.52. The van der Waals surface area contributed by atoms with Gasteiger partial charge in [0.15, 0.2) is 5.96 Å². The summed E-state index contributed by atoms with van der Waals surface area (Å²) < 4.78 is 0. The van der Waals surface area contributed by atoms with Gasteiger partial charge in [0.1, 0.15) is 18.4 Å². The zero-order valence-electron chi connectivity index (χ0n) is 19.9. The molecular formula is C23H36ClN7O4. The molecule has 0 aromatic heterocycles. The Morgan fingerprint density at radius 3 is 2.54 bits per heavy atom. The van der Waals surface area contributed by atoms with Gasteiger partial charge in [-0.1, -0.05) is 30.3 Å². The highest BCUT2D eigenvalue weighted by atomic mass is 35.5. The number of carbonyl (C=O) groups excluding carboxylic acids is 4. The molecule has 1 aliphatic heterocycles. The summed E-state index contributed by atoms with van der Waals surface area (Å²) >= 11 is 0. The minimum Gasteiger partial charge on any atom is -0.370 e. The van der Waals surface area contributed by atoms with E-state index in [0.29, 0.717) is 58.0 Å². The van der Waals surface area contributed by atoms with Crippen LogP contribution in [0, 0.1) is 0 Å². The number of amides is 4. The Balaban J connectivity index is 0.00000612. The molecular weight excluding hydrogens is 474 g/mol. The van der Waals surface area contributed by atoms with Gasteiger partial charge >= 0.3 is 6.03 Å². The Hall–Kier alpha value is -3.34. The predicted molar refractivity (Wildman–Crippen MR) is 136 cm³/mol. The fraction of sp³-hybridized carbons (Fsp3) is 0.522. The van der Waals surface area contributed by atoms with Crippen LogP contribution in [0.15, 0.2) is 35.3 Å². The first-order valence-electron chi connectivity index (χ1n) is 11.6. The van der Waals surface area contributed by atoms with Crippen LogP contribution in [0.2, 0.25) is 0 Å². The monoisotopic (exact) mass is 509 g/mol. The molecule has 0 bridgehead atoms. The minimum absolute atomic E-state index is 0. The topological polar surface area (TPSA) is 172 Å². The van der Waals surface area contributed by atoms with Gasteiger partial charge < -0.3 is 37.1 Å². The molecule has 35 heavy (non-hydrogen) atoms. The van der Waals surface area contributed by atoms with E-state index in [2.05, 4.69) is 20.9 Å². The molecule has 1 aromatic rings. The molecule has 1 heterocycles. The molecule has 7 N–H and O–H groups in total. The summed E-state index contributed by atoms with van der Waals surface area (Å²) in [6.45, 7) is 2.96. The molecule has 1 saturated heterocycles. The second kappa shape index (κ2) is 15.5. The molecule has 0 radical (unpaired) electrons. The Morgan fingerprint density at radius 2 is 1.91 bits per heavy atom. The number of aldehydes is 1. The molecule has 1 fully saturated rings. The number of nitrogens with zero attached hydrogens (tertiary/aromatic N) is 2. The summed E-state index contributed by atoms with van der Waals surface area (Å²) in [5, 5.41) is 8.10. The number of hydrogen-bond donors (Lipinski definition) is 5. The molecule has 194 valence electrons. The van der Waals surface area contributed by atoms with Crippen molar-refractivity contribution in [3.05, 3.63) is 35.9 Å². The van der Waals surface area contributed by atoms with E-state index >= 15 is 0 Å². The van der Waals surface area contributed by atoms with Gasteiger partial charge in [-0.3, -0.25) is 14.6 Å². The second-order valence-electron chi connectivity index (χ2n) is 8.14. The maximum Gasteiger partial charge on any atom is 0.315 e. The predicted octanol–water partition coefficient (Wildman–Crippen LogP) is 0.0669. The van der Waals surface area contributed by atoms with Crippen LogP contribution in [-0.4, -0.2) is 72.8 Å². The van der Waals surface area contributed by atoms with Crippen LogP contribution in [0.3, 0.4) is 0 Å². The third-order valence-electron chi connectivity index (χ3n) is 5.52. The van der Waals surface area contributed by atoms with Crippen molar-refractivity contribution in [3.63, 3.8) is 0 Å². The number of likely N-dealkylation sites (tertiary alicyclic amines) is 1. The van der Waals surface area contributed by atoms with E-state index < -0.39 is 24.2 Å². The van der Waals surface area contributed by atoms with Crippen molar-refractivity contribution < 1.29 is 19.2 Å². The smallest absolute Gasteiger partial charge is 0.315 e. The number of urea groups is 1. The van der Waals surface area contributed by atoms with E-state index in [9.17, 15) is 19.2 Å². The maximum atomic E-state index is 13.4. The number of benzene rings is 1. The van der Waals surface area contributed by atoms with Gasteiger partial charge in [-0.25, -0.2) is 4.79 Å². The molecule has 0 unspecified atom stereocenters. The summed E-state index contributed by atoms with van der Waals surface area (Å²) in [6.07, 6.45) is 3.00. The standard InChI is InChI=1S/C23H35N7O4.ClH/c1-2-26-23(34)29-18(14-16-8-4-3-5-9-16)21(33)30-13-7-11-19(30)20(32)28-17(15-31)10-6-12-27-22(24)25;/h3-5,8-9,15,17-19H,2,6-7,10-14H2,1H3,(H,28,32)(H4,24,25,27)(H2,26,29,34);1H/t17-,18+,19-;/m0./s1. The van der Waals surface area contributed by atoms with Crippen molar-refractivity contribution in [1.29, 1.82) is 0 Å². The first kappa shape index (κ1) is 29.7. The summed E-state index contributed by atoms with van der Waals surface area (Å²) in [4.78, 5) is 55.4. The lowest BCUT2D eigenvalue weighted by Gasteiger charge is -2.29. The molecule has 4 amide bonds. The Kier molecular flexibility index (Phi) is 13.2. The zero-order valence-corrected chi connectivity index (χ0v) is 20.8. The zero-order chi connectivity index (χ0) is 24.9. The number of nitrogens with one attached hydrogen (secondary N) is 3. The van der Waals surface area contributed by atoms with Crippen molar-refractivity contribution in [3.8, 4) is 0 Å². The Bertz CT molecular complexity index is 865. The van der Waals surface area contributed by atoms with Crippen LogP contribution >= 0.6 is 12.4 Å². The van der Waals surface area contributed by atoms with Crippen molar-refractivity contribution in [1.82, 2.24) is 20.9 Å². The fourth-order valence-electron chi connectivity index (χ4n) is 3.90. The number of carbonyl (C=O) groups is 4. The van der Waals surface area contributed by atoms with Crippen LogP contribution < -0.4 is 27.4 Å². The van der Waals surface area contributed by atoms with Crippen LogP contribution in [-0.2, 0) is 20.8 Å². The maximum absolute atomic E-state index is 13.4. The molecule has 0 spiro atoms. The number of hydrogen-bond acceptors (Lipinski definition) is 5. The molecule has 0 saturated carbocycles. The van der Waals surface area contributed by atoms with Gasteiger partial charge in [-0.05, 0) is 38.2 Å². The molecule has 2 rings (SSSR count). The lowest BCUT2D eigenvalue weighted by molar-refractivity contribution is -0.140. The lowest BCUT2D eigenvalue weighted by Crippen LogP contribution is -2.56. The van der Waals surface area contributed by atoms with Crippen molar-refractivity contribution in [2.45, 2.75) is 57.2 Å². The molecule has 12 heteroatoms. The van der Waals surface area contributed by atoms with Gasteiger partial charge in [0, 0.05) is 26.1 Å². The Labute approximate surface area is 211 Å². The SMILES string of the molecule is CCNC(=O)N[C@H](Cc1ccccc1)C(=O)N1CCC[C@H]1C(=O)N[C@H](C=O)CCCN=C(N)N.Cl. The summed E-state index contributed by atoms with van der Waals surface area (Å²) in [5.74, 6) is -0.748. The average molecular weight is 510 g/mol.